The number of thioether (sulfide) groups is 1. The molecule has 2 unspecified atom stereocenters. The van der Waals surface area contributed by atoms with E-state index in [1.54, 1.807) is 0 Å². The summed E-state index contributed by atoms with van der Waals surface area (Å²) in [5, 5.41) is -0.248. The molecule has 1 heterocycles. The summed E-state index contributed by atoms with van der Waals surface area (Å²) < 4.78 is -0.674. The van der Waals surface area contributed by atoms with Crippen molar-refractivity contribution in [2.45, 2.75) is 23.8 Å². The molecule has 0 aromatic heterocycles. The summed E-state index contributed by atoms with van der Waals surface area (Å²) in [6.07, 6.45) is 0. The van der Waals surface area contributed by atoms with Crippen LogP contribution in [-0.4, -0.2) is 16.8 Å². The van der Waals surface area contributed by atoms with Crippen LogP contribution in [0.5, 0.6) is 0 Å². The van der Waals surface area contributed by atoms with Crippen LogP contribution in [-0.2, 0) is 4.75 Å². The maximum atomic E-state index is 13.0. The first kappa shape index (κ1) is 12.8. The lowest BCUT2D eigenvalue weighted by Crippen LogP contribution is -2.35. The van der Waals surface area contributed by atoms with Crippen LogP contribution in [0.15, 0.2) is 42.5 Å². The van der Waals surface area contributed by atoms with Crippen LogP contribution in [0.4, 0.5) is 0 Å². The van der Waals surface area contributed by atoms with Crippen molar-refractivity contribution in [2.75, 3.05) is 0 Å². The summed E-state index contributed by atoms with van der Waals surface area (Å²) in [6, 6.07) is 13.4. The van der Waals surface area contributed by atoms with E-state index in [2.05, 4.69) is 0 Å². The normalized spacial score (nSPS) is 26.3. The van der Waals surface area contributed by atoms with Crippen LogP contribution in [0.3, 0.4) is 0 Å². The minimum atomic E-state index is -0.674. The fraction of sp³-hybridized carbons (Fsp3) is 0.222. The van der Waals surface area contributed by atoms with E-state index in [0.717, 1.165) is 16.7 Å². The molecule has 2 atom stereocenters. The highest BCUT2D eigenvalue weighted by Crippen LogP contribution is 2.66. The second kappa shape index (κ2) is 4.08. The van der Waals surface area contributed by atoms with Gasteiger partial charge in [0.2, 0.25) is 0 Å². The quantitative estimate of drug-likeness (QED) is 0.752. The maximum Gasteiger partial charge on any atom is 0.185 e. The molecule has 2 aromatic rings. The first-order chi connectivity index (χ1) is 10.1. The van der Waals surface area contributed by atoms with E-state index in [4.69, 9.17) is 0 Å². The van der Waals surface area contributed by atoms with Gasteiger partial charge in [-0.1, -0.05) is 30.3 Å². The van der Waals surface area contributed by atoms with Crippen LogP contribution >= 0.6 is 11.8 Å². The van der Waals surface area contributed by atoms with Crippen molar-refractivity contribution >= 4 is 23.3 Å². The van der Waals surface area contributed by atoms with Crippen molar-refractivity contribution in [2.24, 2.45) is 0 Å². The Hall–Kier alpha value is -1.87. The Morgan fingerprint density at radius 1 is 0.952 bits per heavy atom. The number of rotatable bonds is 1. The number of fused-ring (bicyclic) bond motifs is 2. The van der Waals surface area contributed by atoms with Crippen molar-refractivity contribution < 1.29 is 9.59 Å². The van der Waals surface area contributed by atoms with Crippen molar-refractivity contribution in [3.05, 3.63) is 70.3 Å². The number of benzene rings is 2. The number of hydrogen-bond acceptors (Lipinski definition) is 3. The zero-order valence-corrected chi connectivity index (χ0v) is 12.7. The molecule has 1 aliphatic carbocycles. The van der Waals surface area contributed by atoms with E-state index < -0.39 is 4.75 Å². The highest BCUT2D eigenvalue weighted by molar-refractivity contribution is 8.10. The SMILES string of the molecule is Cc1cc2c(cc1C)C(=O)C1(c3ccccc3)SC1C2=O. The van der Waals surface area contributed by atoms with Gasteiger partial charge in [0, 0.05) is 11.1 Å². The van der Waals surface area contributed by atoms with Gasteiger partial charge in [-0.15, -0.1) is 11.8 Å². The van der Waals surface area contributed by atoms with Crippen LogP contribution in [0.25, 0.3) is 0 Å². The Balaban J connectivity index is 1.93. The summed E-state index contributed by atoms with van der Waals surface area (Å²) in [6.45, 7) is 3.96. The number of carbonyl (C=O) groups excluding carboxylic acids is 2. The van der Waals surface area contributed by atoms with E-state index in [1.165, 1.54) is 11.8 Å². The van der Waals surface area contributed by atoms with Gasteiger partial charge in [-0.05, 0) is 42.7 Å². The van der Waals surface area contributed by atoms with Gasteiger partial charge >= 0.3 is 0 Å². The zero-order chi connectivity index (χ0) is 14.8. The Kier molecular flexibility index (Phi) is 2.49. The largest absolute Gasteiger partial charge is 0.293 e. The molecule has 4 rings (SSSR count). The van der Waals surface area contributed by atoms with Gasteiger partial charge < -0.3 is 0 Å². The van der Waals surface area contributed by atoms with Gasteiger partial charge in [0.05, 0.1) is 5.25 Å². The van der Waals surface area contributed by atoms with Crippen molar-refractivity contribution in [1.29, 1.82) is 0 Å². The molecule has 0 radical (unpaired) electrons. The lowest BCUT2D eigenvalue weighted by atomic mass is 9.77. The monoisotopic (exact) mass is 294 g/mol. The van der Waals surface area contributed by atoms with Crippen molar-refractivity contribution in [3.63, 3.8) is 0 Å². The number of carbonyl (C=O) groups is 2. The van der Waals surface area contributed by atoms with Gasteiger partial charge in [-0.3, -0.25) is 9.59 Å². The minimum Gasteiger partial charge on any atom is -0.293 e. The standard InChI is InChI=1S/C18H14O2S/c1-10-8-13-14(9-11(10)2)16(20)18(17(21-18)15(13)19)12-6-4-3-5-7-12/h3-9,17H,1-2H3. The third-order valence-corrected chi connectivity index (χ3v) is 6.12. The molecule has 21 heavy (non-hydrogen) atoms. The third-order valence-electron chi connectivity index (χ3n) is 4.54. The number of ketones is 2. The van der Waals surface area contributed by atoms with Gasteiger partial charge in [-0.25, -0.2) is 0 Å². The Labute approximate surface area is 127 Å². The summed E-state index contributed by atoms with van der Waals surface area (Å²) in [5.74, 6) is 0.183. The zero-order valence-electron chi connectivity index (χ0n) is 11.8. The van der Waals surface area contributed by atoms with Crippen molar-refractivity contribution in [1.82, 2.24) is 0 Å². The third kappa shape index (κ3) is 1.55. The van der Waals surface area contributed by atoms with Gasteiger partial charge in [0.15, 0.2) is 11.6 Å². The Morgan fingerprint density at radius 2 is 1.57 bits per heavy atom. The van der Waals surface area contributed by atoms with E-state index >= 15 is 0 Å². The molecule has 1 aliphatic heterocycles. The average Bonchev–Trinajstić information content (AvgIpc) is 3.25. The molecule has 0 saturated carbocycles. The molecule has 1 fully saturated rings. The van der Waals surface area contributed by atoms with Gasteiger partial charge in [0.25, 0.3) is 0 Å². The predicted molar refractivity (Wildman–Crippen MR) is 84.1 cm³/mol. The van der Waals surface area contributed by atoms with E-state index in [-0.39, 0.29) is 16.8 Å². The molecule has 3 heteroatoms. The molecule has 0 amide bonds. The lowest BCUT2D eigenvalue weighted by molar-refractivity contribution is 0.0882. The smallest absolute Gasteiger partial charge is 0.185 e. The molecule has 2 aromatic carbocycles. The number of aryl methyl sites for hydroxylation is 2. The van der Waals surface area contributed by atoms with E-state index in [9.17, 15) is 9.59 Å². The Bertz CT molecular complexity index is 794. The molecule has 0 spiro atoms. The van der Waals surface area contributed by atoms with Crippen molar-refractivity contribution in [3.8, 4) is 0 Å². The molecule has 0 N–H and O–H groups in total. The molecular weight excluding hydrogens is 280 g/mol. The highest BCUT2D eigenvalue weighted by atomic mass is 32.2. The highest BCUT2D eigenvalue weighted by Gasteiger charge is 2.68. The average molecular weight is 294 g/mol. The molecular formula is C18H14O2S. The van der Waals surface area contributed by atoms with Crippen LogP contribution in [0, 0.1) is 13.8 Å². The summed E-state index contributed by atoms with van der Waals surface area (Å²) in [4.78, 5) is 25.7. The predicted octanol–water partition coefficient (Wildman–Crippen LogP) is 3.69. The lowest BCUT2D eigenvalue weighted by Gasteiger charge is -2.22. The molecule has 1 saturated heterocycles. The molecule has 104 valence electrons. The number of Topliss-reactive ketones (excluding diaryl/α,β-unsaturated/α-hetero) is 2. The minimum absolute atomic E-state index is 0.0846. The molecule has 2 nitrogen and oxygen atoms in total. The first-order valence-electron chi connectivity index (χ1n) is 6.99. The second-order valence-corrected chi connectivity index (χ2v) is 7.13. The molecule has 2 aliphatic rings. The van der Waals surface area contributed by atoms with Crippen LogP contribution < -0.4 is 0 Å². The van der Waals surface area contributed by atoms with Crippen LogP contribution in [0.2, 0.25) is 0 Å². The topological polar surface area (TPSA) is 34.1 Å². The number of hydrogen-bond donors (Lipinski definition) is 0. The second-order valence-electron chi connectivity index (χ2n) is 5.77. The van der Waals surface area contributed by atoms with E-state index in [1.807, 2.05) is 56.3 Å². The Morgan fingerprint density at radius 3 is 2.24 bits per heavy atom. The summed E-state index contributed by atoms with van der Waals surface area (Å²) in [5.41, 5.74) is 4.26. The van der Waals surface area contributed by atoms with Crippen LogP contribution in [0.1, 0.15) is 37.4 Å². The van der Waals surface area contributed by atoms with Gasteiger partial charge in [0.1, 0.15) is 4.75 Å². The fourth-order valence-electron chi connectivity index (χ4n) is 3.15. The maximum absolute atomic E-state index is 13.0. The summed E-state index contributed by atoms with van der Waals surface area (Å²) >= 11 is 1.49. The van der Waals surface area contributed by atoms with Gasteiger partial charge in [-0.2, -0.15) is 0 Å². The first-order valence-corrected chi connectivity index (χ1v) is 7.87. The fourth-order valence-corrected chi connectivity index (χ4v) is 4.53. The summed E-state index contributed by atoms with van der Waals surface area (Å²) in [7, 11) is 0. The molecule has 0 bridgehead atoms. The van der Waals surface area contributed by atoms with E-state index in [0.29, 0.717) is 11.1 Å².